The number of hydrogen-bond acceptors (Lipinski definition) is 1. The monoisotopic (exact) mass is 309 g/mol. The molecule has 10 heavy (non-hydrogen) atoms. The summed E-state index contributed by atoms with van der Waals surface area (Å²) in [7, 11) is 0. The summed E-state index contributed by atoms with van der Waals surface area (Å²) in [5.41, 5.74) is 0.930. The fraction of sp³-hybridized carbons (Fsp3) is 0. The van der Waals surface area contributed by atoms with Crippen LogP contribution in [0.4, 0.5) is 5.69 Å². The van der Waals surface area contributed by atoms with Crippen LogP contribution < -0.4 is 0 Å². The Labute approximate surface area is 81.1 Å². The Hall–Kier alpha value is 0.0495. The number of halogens is 1. The minimum atomic E-state index is 0.930. The Morgan fingerprint density at radius 2 is 1.90 bits per heavy atom. The van der Waals surface area contributed by atoms with Crippen LogP contribution in [0.5, 0.6) is 0 Å². The van der Waals surface area contributed by atoms with Crippen molar-refractivity contribution in [2.24, 2.45) is 4.99 Å². The quantitative estimate of drug-likeness (QED) is 0.427. The standard InChI is InChI=1S/C7H4INSe/c8-6-1-3-7(4-2-6)9-5-10/h1-4H. The minimum absolute atomic E-state index is 0.930. The molecule has 0 aliphatic carbocycles. The molecule has 0 saturated heterocycles. The van der Waals surface area contributed by atoms with E-state index in [1.165, 1.54) is 3.57 Å². The molecule has 0 unspecified atom stereocenters. The average molecular weight is 308 g/mol. The summed E-state index contributed by atoms with van der Waals surface area (Å²) in [5.74, 6) is 0. The van der Waals surface area contributed by atoms with E-state index in [1.54, 1.807) is 0 Å². The Kier molecular flexibility index (Phi) is 3.29. The Morgan fingerprint density at radius 3 is 2.40 bits per heavy atom. The van der Waals surface area contributed by atoms with E-state index in [4.69, 9.17) is 0 Å². The molecule has 0 aromatic heterocycles. The van der Waals surface area contributed by atoms with Crippen molar-refractivity contribution < 1.29 is 0 Å². The topological polar surface area (TPSA) is 12.4 Å². The average Bonchev–Trinajstić information content (AvgIpc) is 1.95. The second-order valence-electron chi connectivity index (χ2n) is 1.68. The molecule has 0 aliphatic rings. The fourth-order valence-electron chi connectivity index (χ4n) is 0.568. The van der Waals surface area contributed by atoms with Crippen molar-refractivity contribution in [2.45, 2.75) is 0 Å². The van der Waals surface area contributed by atoms with Crippen LogP contribution in [0.15, 0.2) is 29.3 Å². The van der Waals surface area contributed by atoms with Gasteiger partial charge in [0.25, 0.3) is 0 Å². The Bertz CT molecular complexity index is 261. The van der Waals surface area contributed by atoms with Crippen LogP contribution in [0.25, 0.3) is 0 Å². The van der Waals surface area contributed by atoms with Crippen LogP contribution >= 0.6 is 22.6 Å². The van der Waals surface area contributed by atoms with E-state index in [1.807, 2.05) is 24.3 Å². The van der Waals surface area contributed by atoms with Gasteiger partial charge in [0.1, 0.15) is 0 Å². The fourth-order valence-corrected chi connectivity index (χ4v) is 1.15. The predicted molar refractivity (Wildman–Crippen MR) is 52.0 cm³/mol. The maximum atomic E-state index is 3.94. The molecule has 3 heteroatoms. The van der Waals surface area contributed by atoms with Crippen molar-refractivity contribution in [3.8, 4) is 0 Å². The van der Waals surface area contributed by atoms with Gasteiger partial charge in [-0.25, -0.2) is 0 Å². The van der Waals surface area contributed by atoms with Crippen molar-refractivity contribution >= 4 is 48.6 Å². The van der Waals surface area contributed by atoms with Gasteiger partial charge in [-0.1, -0.05) is 0 Å². The summed E-state index contributed by atoms with van der Waals surface area (Å²) < 4.78 is 3.82. The van der Waals surface area contributed by atoms with E-state index in [-0.39, 0.29) is 0 Å². The number of rotatable bonds is 1. The van der Waals surface area contributed by atoms with Gasteiger partial charge in [-0.15, -0.1) is 0 Å². The van der Waals surface area contributed by atoms with Crippen molar-refractivity contribution in [3.05, 3.63) is 27.8 Å². The summed E-state index contributed by atoms with van der Waals surface area (Å²) in [4.78, 5) is 3.94. The zero-order valence-electron chi connectivity index (χ0n) is 5.04. The van der Waals surface area contributed by atoms with Crippen molar-refractivity contribution in [3.63, 3.8) is 0 Å². The van der Waals surface area contributed by atoms with Gasteiger partial charge in [-0.3, -0.25) is 0 Å². The van der Waals surface area contributed by atoms with Gasteiger partial charge in [0, 0.05) is 0 Å². The van der Waals surface area contributed by atoms with Crippen molar-refractivity contribution in [2.75, 3.05) is 0 Å². The molecule has 0 N–H and O–H groups in total. The van der Waals surface area contributed by atoms with E-state index in [0.29, 0.717) is 0 Å². The number of benzene rings is 1. The van der Waals surface area contributed by atoms with E-state index < -0.39 is 0 Å². The van der Waals surface area contributed by atoms with Crippen LogP contribution in [0.2, 0.25) is 0 Å². The molecule has 0 atom stereocenters. The van der Waals surface area contributed by atoms with Gasteiger partial charge in [0.15, 0.2) is 0 Å². The van der Waals surface area contributed by atoms with Crippen LogP contribution in [0.3, 0.4) is 0 Å². The zero-order valence-corrected chi connectivity index (χ0v) is 8.91. The van der Waals surface area contributed by atoms with Crippen LogP contribution in [-0.4, -0.2) is 20.3 Å². The zero-order chi connectivity index (χ0) is 7.40. The normalized spacial score (nSPS) is 8.50. The van der Waals surface area contributed by atoms with Gasteiger partial charge >= 0.3 is 81.4 Å². The first-order chi connectivity index (χ1) is 4.83. The number of hydrogen-bond donors (Lipinski definition) is 0. The summed E-state index contributed by atoms with van der Waals surface area (Å²) in [5, 5.41) is 0. The molecule has 0 saturated carbocycles. The Balaban J connectivity index is 3.00. The van der Waals surface area contributed by atoms with Gasteiger partial charge in [-0.2, -0.15) is 0 Å². The Morgan fingerprint density at radius 1 is 1.30 bits per heavy atom. The van der Waals surface area contributed by atoms with Gasteiger partial charge in [0.05, 0.1) is 0 Å². The maximum absolute atomic E-state index is 3.94. The third-order valence-corrected chi connectivity index (χ3v) is 1.91. The molecular formula is C7H4INSe. The molecule has 0 radical (unpaired) electrons. The molecule has 0 amide bonds. The number of nitrogens with zero attached hydrogens (tertiary/aromatic N) is 1. The summed E-state index contributed by atoms with van der Waals surface area (Å²) in [6, 6.07) is 7.92. The van der Waals surface area contributed by atoms with Crippen LogP contribution in [0.1, 0.15) is 0 Å². The van der Waals surface area contributed by atoms with Crippen molar-refractivity contribution in [1.29, 1.82) is 0 Å². The summed E-state index contributed by atoms with van der Waals surface area (Å²) in [6.07, 6.45) is 0. The van der Waals surface area contributed by atoms with Crippen LogP contribution in [0, 0.1) is 3.57 Å². The third-order valence-electron chi connectivity index (χ3n) is 1.00. The van der Waals surface area contributed by atoms with E-state index in [0.717, 1.165) is 5.69 Å². The summed E-state index contributed by atoms with van der Waals surface area (Å²) >= 11 is 4.84. The summed E-state index contributed by atoms with van der Waals surface area (Å²) in [6.45, 7) is 0. The molecule has 1 aromatic carbocycles. The first kappa shape index (κ1) is 8.15. The molecule has 1 rings (SSSR count). The van der Waals surface area contributed by atoms with Gasteiger partial charge in [-0.05, 0) is 0 Å². The molecule has 0 aliphatic heterocycles. The molecule has 0 fully saturated rings. The van der Waals surface area contributed by atoms with E-state index in [2.05, 4.69) is 47.9 Å². The van der Waals surface area contributed by atoms with E-state index in [9.17, 15) is 0 Å². The van der Waals surface area contributed by atoms with Crippen molar-refractivity contribution in [1.82, 2.24) is 0 Å². The molecule has 0 heterocycles. The molecule has 0 bridgehead atoms. The van der Waals surface area contributed by atoms with Crippen LogP contribution in [-0.2, 0) is 0 Å². The van der Waals surface area contributed by atoms with Gasteiger partial charge in [0.2, 0.25) is 0 Å². The second-order valence-corrected chi connectivity index (χ2v) is 3.31. The molecule has 50 valence electrons. The predicted octanol–water partition coefficient (Wildman–Crippen LogP) is 2.00. The molecule has 1 nitrogen and oxygen atoms in total. The molecule has 1 aromatic rings. The third kappa shape index (κ3) is 2.35. The van der Waals surface area contributed by atoms with Gasteiger partial charge < -0.3 is 0 Å². The molecule has 0 spiro atoms. The number of aliphatic imine (C=N–C) groups is 1. The SMILES string of the molecule is [Se]=C=Nc1ccc(I)cc1. The first-order valence-electron chi connectivity index (χ1n) is 2.66. The molecular weight excluding hydrogens is 304 g/mol. The van der Waals surface area contributed by atoms with E-state index >= 15 is 0 Å². The first-order valence-corrected chi connectivity index (χ1v) is 4.60. The second kappa shape index (κ2) is 4.04.